The van der Waals surface area contributed by atoms with Crippen molar-refractivity contribution in [2.45, 2.75) is 25.1 Å². The molecule has 0 aliphatic carbocycles. The zero-order valence-corrected chi connectivity index (χ0v) is 14.0. The van der Waals surface area contributed by atoms with Crippen LogP contribution < -0.4 is 11.1 Å². The van der Waals surface area contributed by atoms with Crippen LogP contribution in [0.15, 0.2) is 36.3 Å². The van der Waals surface area contributed by atoms with Gasteiger partial charge in [-0.15, -0.1) is 0 Å². The van der Waals surface area contributed by atoms with E-state index in [9.17, 15) is 22.4 Å². The van der Waals surface area contributed by atoms with E-state index >= 15 is 0 Å². The predicted molar refractivity (Wildman–Crippen MR) is 85.3 cm³/mol. The van der Waals surface area contributed by atoms with E-state index in [2.05, 4.69) is 15.1 Å². The van der Waals surface area contributed by atoms with Crippen molar-refractivity contribution >= 4 is 17.5 Å². The van der Waals surface area contributed by atoms with Crippen molar-refractivity contribution in [3.05, 3.63) is 58.3 Å². The number of rotatable bonds is 6. The monoisotopic (exact) mass is 394 g/mol. The molecule has 0 saturated carbocycles. The lowest BCUT2D eigenvalue weighted by Crippen LogP contribution is -2.38. The van der Waals surface area contributed by atoms with Crippen molar-refractivity contribution in [1.82, 2.24) is 5.32 Å². The van der Waals surface area contributed by atoms with Crippen LogP contribution in [0.25, 0.3) is 0 Å². The summed E-state index contributed by atoms with van der Waals surface area (Å²) in [4.78, 5) is 21.5. The van der Waals surface area contributed by atoms with Crippen LogP contribution in [-0.4, -0.2) is 18.5 Å². The maximum Gasteiger partial charge on any atom is 0.417 e. The number of halogens is 5. The zero-order chi connectivity index (χ0) is 19.3. The molecule has 0 fully saturated rings. The molecule has 1 aliphatic heterocycles. The topological polar surface area (TPSA) is 73.6 Å². The van der Waals surface area contributed by atoms with Gasteiger partial charge < -0.3 is 11.1 Å². The number of benzene rings is 1. The summed E-state index contributed by atoms with van der Waals surface area (Å²) in [6, 6.07) is 0.670. The van der Waals surface area contributed by atoms with Crippen molar-refractivity contribution < 1.29 is 32.1 Å². The highest BCUT2D eigenvalue weighted by atomic mass is 35.5. The third-order valence-corrected chi connectivity index (χ3v) is 3.84. The number of nitrogens with two attached hydrogens (primary N) is 1. The summed E-state index contributed by atoms with van der Waals surface area (Å²) in [7, 11) is 0. The minimum Gasteiger partial charge on any atom is -0.349 e. The summed E-state index contributed by atoms with van der Waals surface area (Å²) in [5.74, 6) is -2.66. The maximum atomic E-state index is 14.2. The van der Waals surface area contributed by atoms with Crippen LogP contribution in [0, 0.1) is 5.82 Å². The number of hydrogen-bond acceptors (Lipinski definition) is 4. The molecule has 26 heavy (non-hydrogen) atoms. The number of carbonyl (C=O) groups is 1. The Labute approximate surface area is 151 Å². The van der Waals surface area contributed by atoms with E-state index in [1.54, 1.807) is 6.08 Å². The number of allylic oxidation sites excluding steroid dienone is 1. The fourth-order valence-electron chi connectivity index (χ4n) is 2.37. The van der Waals surface area contributed by atoms with Crippen LogP contribution in [-0.2, 0) is 16.0 Å². The van der Waals surface area contributed by atoms with E-state index in [0.717, 1.165) is 6.07 Å². The van der Waals surface area contributed by atoms with Gasteiger partial charge in [0, 0.05) is 6.04 Å². The smallest absolute Gasteiger partial charge is 0.349 e. The van der Waals surface area contributed by atoms with E-state index in [4.69, 9.17) is 17.3 Å². The van der Waals surface area contributed by atoms with Gasteiger partial charge in [0.05, 0.1) is 16.1 Å². The van der Waals surface area contributed by atoms with Crippen molar-refractivity contribution in [3.8, 4) is 0 Å². The summed E-state index contributed by atoms with van der Waals surface area (Å²) >= 11 is 5.54. The molecular weight excluding hydrogens is 380 g/mol. The Morgan fingerprint density at radius 1 is 1.31 bits per heavy atom. The minimum atomic E-state index is -4.92. The molecule has 1 aromatic rings. The standard InChI is InChI=1S/C16H15ClF4N2O3/c17-12-2-1-11(16(19,20)21)13(14(12)18)15(24)23-10(3-5-22)7-9-4-6-25-26-8-9/h1-2,4,6,8,10H,3,5,7,22H2,(H,23,24)/t10-/m1/s1. The molecule has 142 valence electrons. The van der Waals surface area contributed by atoms with Gasteiger partial charge in [0.25, 0.3) is 5.91 Å². The first-order valence-electron chi connectivity index (χ1n) is 7.48. The second-order valence-electron chi connectivity index (χ2n) is 5.42. The van der Waals surface area contributed by atoms with Crippen LogP contribution in [0.4, 0.5) is 17.6 Å². The van der Waals surface area contributed by atoms with Gasteiger partial charge in [-0.05, 0) is 43.2 Å². The summed E-state index contributed by atoms with van der Waals surface area (Å²) in [5.41, 5.74) is 3.53. The van der Waals surface area contributed by atoms with Crippen LogP contribution in [0.2, 0.25) is 5.02 Å². The molecule has 0 bridgehead atoms. The zero-order valence-electron chi connectivity index (χ0n) is 13.3. The molecule has 0 unspecified atom stereocenters. The molecule has 3 N–H and O–H groups in total. The molecule has 1 aliphatic rings. The van der Waals surface area contributed by atoms with Crippen LogP contribution in [0.5, 0.6) is 0 Å². The second kappa shape index (κ2) is 8.41. The average molecular weight is 395 g/mol. The fraction of sp³-hybridized carbons (Fsp3) is 0.312. The largest absolute Gasteiger partial charge is 0.417 e. The molecule has 0 aromatic heterocycles. The first-order valence-corrected chi connectivity index (χ1v) is 7.85. The van der Waals surface area contributed by atoms with Crippen LogP contribution in [0.1, 0.15) is 28.8 Å². The Hall–Kier alpha value is -2.26. The molecule has 1 amide bonds. The highest BCUT2D eigenvalue weighted by Crippen LogP contribution is 2.35. The number of amides is 1. The average Bonchev–Trinajstić information content (AvgIpc) is 2.57. The van der Waals surface area contributed by atoms with Gasteiger partial charge in [-0.2, -0.15) is 13.2 Å². The second-order valence-corrected chi connectivity index (χ2v) is 5.83. The van der Waals surface area contributed by atoms with Crippen molar-refractivity contribution in [2.75, 3.05) is 6.54 Å². The third kappa shape index (κ3) is 4.89. The van der Waals surface area contributed by atoms with Crippen molar-refractivity contribution in [2.24, 2.45) is 5.73 Å². The summed E-state index contributed by atoms with van der Waals surface area (Å²) in [6.07, 6.45) is -0.374. The first kappa shape index (κ1) is 20.1. The summed E-state index contributed by atoms with van der Waals surface area (Å²) in [6.45, 7) is 0.156. The van der Waals surface area contributed by atoms with Crippen molar-refractivity contribution in [3.63, 3.8) is 0 Å². The normalized spacial score (nSPS) is 14.9. The Kier molecular flexibility index (Phi) is 6.49. The van der Waals surface area contributed by atoms with Crippen LogP contribution >= 0.6 is 11.6 Å². The molecule has 1 heterocycles. The molecule has 10 heteroatoms. The van der Waals surface area contributed by atoms with Crippen molar-refractivity contribution in [1.29, 1.82) is 0 Å². The Morgan fingerprint density at radius 3 is 2.62 bits per heavy atom. The Morgan fingerprint density at radius 2 is 2.04 bits per heavy atom. The van der Waals surface area contributed by atoms with E-state index in [0.29, 0.717) is 11.6 Å². The first-order chi connectivity index (χ1) is 12.2. The Balaban J connectivity index is 2.27. The van der Waals surface area contributed by atoms with Gasteiger partial charge in [0.15, 0.2) is 5.82 Å². The van der Waals surface area contributed by atoms with Gasteiger partial charge >= 0.3 is 6.18 Å². The molecule has 0 radical (unpaired) electrons. The molecule has 2 rings (SSSR count). The summed E-state index contributed by atoms with van der Waals surface area (Å²) in [5, 5.41) is 1.79. The minimum absolute atomic E-state index is 0.156. The highest BCUT2D eigenvalue weighted by molar-refractivity contribution is 6.31. The lowest BCUT2D eigenvalue weighted by molar-refractivity contribution is -0.199. The Bertz CT molecular complexity index is 735. The van der Waals surface area contributed by atoms with Gasteiger partial charge in [-0.25, -0.2) is 4.39 Å². The number of nitrogens with one attached hydrogen (secondary N) is 1. The van der Waals surface area contributed by atoms with E-state index in [1.165, 1.54) is 12.5 Å². The molecule has 1 aromatic carbocycles. The molecule has 0 spiro atoms. The maximum absolute atomic E-state index is 14.2. The third-order valence-electron chi connectivity index (χ3n) is 3.55. The lowest BCUT2D eigenvalue weighted by atomic mass is 10.0. The molecule has 0 saturated heterocycles. The van der Waals surface area contributed by atoms with Gasteiger partial charge in [-0.3, -0.25) is 14.6 Å². The predicted octanol–water partition coefficient (Wildman–Crippen LogP) is 3.69. The van der Waals surface area contributed by atoms with E-state index < -0.39 is 40.1 Å². The molecule has 1 atom stereocenters. The van der Waals surface area contributed by atoms with Crippen LogP contribution in [0.3, 0.4) is 0 Å². The SMILES string of the molecule is NCC[C@H](CC1=COOC=C1)NC(=O)c1c(C(F)(F)F)ccc(Cl)c1F. The number of carbonyl (C=O) groups excluding carboxylic acids is 1. The number of alkyl halides is 3. The van der Waals surface area contributed by atoms with Gasteiger partial charge in [0.2, 0.25) is 0 Å². The van der Waals surface area contributed by atoms with E-state index in [-0.39, 0.29) is 19.4 Å². The van der Waals surface area contributed by atoms with E-state index in [1.807, 2.05) is 0 Å². The summed E-state index contributed by atoms with van der Waals surface area (Å²) < 4.78 is 53.5. The highest BCUT2D eigenvalue weighted by Gasteiger charge is 2.38. The van der Waals surface area contributed by atoms with Gasteiger partial charge in [-0.1, -0.05) is 11.6 Å². The fourth-order valence-corrected chi connectivity index (χ4v) is 2.53. The van der Waals surface area contributed by atoms with Gasteiger partial charge in [0.1, 0.15) is 12.5 Å². The lowest BCUT2D eigenvalue weighted by Gasteiger charge is -2.21. The molecule has 5 nitrogen and oxygen atoms in total. The number of hydrogen-bond donors (Lipinski definition) is 2. The quantitative estimate of drug-likeness (QED) is 0.570. The molecular formula is C16H15ClF4N2O3.